The minimum atomic E-state index is 0.446. The number of rotatable bonds is 0. The molecule has 0 unspecified atom stereocenters. The van der Waals surface area contributed by atoms with Gasteiger partial charge in [0.2, 0.25) is 0 Å². The summed E-state index contributed by atoms with van der Waals surface area (Å²) in [7, 11) is 0. The molecule has 0 bridgehead atoms. The molecule has 0 aromatic carbocycles. The highest BCUT2D eigenvalue weighted by molar-refractivity contribution is 6.33. The van der Waals surface area contributed by atoms with E-state index in [2.05, 4.69) is 10.1 Å². The van der Waals surface area contributed by atoms with Gasteiger partial charge in [-0.3, -0.25) is 0 Å². The van der Waals surface area contributed by atoms with E-state index in [0.29, 0.717) is 10.7 Å². The molecule has 3 nitrogen and oxygen atoms in total. The van der Waals surface area contributed by atoms with Crippen molar-refractivity contribution in [2.45, 2.75) is 6.92 Å². The van der Waals surface area contributed by atoms with Crippen molar-refractivity contribution in [3.8, 4) is 0 Å². The number of hydrogen-bond donors (Lipinski definition) is 0. The van der Waals surface area contributed by atoms with E-state index in [0.717, 1.165) is 11.1 Å². The van der Waals surface area contributed by atoms with Crippen molar-refractivity contribution in [2.24, 2.45) is 0 Å². The number of aryl methyl sites for hydroxylation is 1. The van der Waals surface area contributed by atoms with Crippen LogP contribution in [0, 0.1) is 6.92 Å². The summed E-state index contributed by atoms with van der Waals surface area (Å²) in [6.45, 7) is 1.86. The molecule has 0 aliphatic heterocycles. The molecule has 0 spiro atoms. The molecule has 0 saturated heterocycles. The molecule has 0 radical (unpaired) electrons. The van der Waals surface area contributed by atoms with E-state index in [1.165, 1.54) is 0 Å². The lowest BCUT2D eigenvalue weighted by atomic mass is 10.3. The van der Waals surface area contributed by atoms with Gasteiger partial charge in [-0.15, -0.1) is 0 Å². The van der Waals surface area contributed by atoms with Gasteiger partial charge in [0.25, 0.3) is 0 Å². The average Bonchev–Trinajstić information content (AvgIpc) is 2.34. The highest BCUT2D eigenvalue weighted by atomic mass is 35.5. The number of aromatic nitrogens is 2. The smallest absolute Gasteiger partial charge is 0.171 e. The molecule has 2 heterocycles. The second-order valence-electron chi connectivity index (χ2n) is 2.29. The van der Waals surface area contributed by atoms with Crippen LogP contribution in [0.4, 0.5) is 0 Å². The molecule has 2 aromatic heterocycles. The first-order valence-corrected chi connectivity index (χ1v) is 3.53. The fourth-order valence-electron chi connectivity index (χ4n) is 0.945. The van der Waals surface area contributed by atoms with Crippen molar-refractivity contribution >= 4 is 22.6 Å². The van der Waals surface area contributed by atoms with E-state index in [1.807, 2.05) is 6.92 Å². The van der Waals surface area contributed by atoms with Gasteiger partial charge in [-0.25, -0.2) is 4.98 Å². The molecule has 0 saturated carbocycles. The lowest BCUT2D eigenvalue weighted by Gasteiger charge is -1.92. The van der Waals surface area contributed by atoms with Crippen molar-refractivity contribution in [3.63, 3.8) is 0 Å². The quantitative estimate of drug-likeness (QED) is 0.566. The van der Waals surface area contributed by atoms with Gasteiger partial charge < -0.3 is 4.52 Å². The van der Waals surface area contributed by atoms with Crippen molar-refractivity contribution in [1.29, 1.82) is 0 Å². The second-order valence-corrected chi connectivity index (χ2v) is 2.65. The topological polar surface area (TPSA) is 38.9 Å². The molecule has 0 aliphatic rings. The third-order valence-electron chi connectivity index (χ3n) is 1.44. The van der Waals surface area contributed by atoms with Gasteiger partial charge in [-0.1, -0.05) is 16.8 Å². The summed E-state index contributed by atoms with van der Waals surface area (Å²) in [5, 5.41) is 4.81. The molecule has 2 rings (SSSR count). The van der Waals surface area contributed by atoms with Crippen LogP contribution in [0.25, 0.3) is 11.0 Å². The maximum absolute atomic E-state index is 5.79. The zero-order chi connectivity index (χ0) is 7.84. The van der Waals surface area contributed by atoms with E-state index in [9.17, 15) is 0 Å². The van der Waals surface area contributed by atoms with E-state index in [1.54, 1.807) is 12.3 Å². The van der Waals surface area contributed by atoms with Gasteiger partial charge in [0, 0.05) is 11.8 Å². The SMILES string of the molecule is Cc1cc2oncc2c(Cl)n1. The van der Waals surface area contributed by atoms with E-state index >= 15 is 0 Å². The standard InChI is InChI=1S/C7H5ClN2O/c1-4-2-6-5(3-9-11-6)7(8)10-4/h2-3H,1H3. The second kappa shape index (κ2) is 2.20. The molecule has 11 heavy (non-hydrogen) atoms. The highest BCUT2D eigenvalue weighted by Crippen LogP contribution is 2.21. The molecular weight excluding hydrogens is 164 g/mol. The molecule has 0 aliphatic carbocycles. The summed E-state index contributed by atoms with van der Waals surface area (Å²) in [5.74, 6) is 0. The summed E-state index contributed by atoms with van der Waals surface area (Å²) < 4.78 is 4.91. The Balaban J connectivity index is 2.91. The van der Waals surface area contributed by atoms with Gasteiger partial charge >= 0.3 is 0 Å². The van der Waals surface area contributed by atoms with Crippen LogP contribution >= 0.6 is 11.6 Å². The molecule has 0 fully saturated rings. The summed E-state index contributed by atoms with van der Waals surface area (Å²) in [6, 6.07) is 1.80. The number of fused-ring (bicyclic) bond motifs is 1. The minimum Gasteiger partial charge on any atom is -0.356 e. The molecule has 0 atom stereocenters. The number of halogens is 1. The first-order chi connectivity index (χ1) is 5.27. The summed E-state index contributed by atoms with van der Waals surface area (Å²) in [6.07, 6.45) is 1.56. The van der Waals surface area contributed by atoms with Crippen LogP contribution in [0.5, 0.6) is 0 Å². The number of hydrogen-bond acceptors (Lipinski definition) is 3. The molecule has 0 amide bonds. The predicted molar refractivity (Wildman–Crippen MR) is 41.6 cm³/mol. The lowest BCUT2D eigenvalue weighted by molar-refractivity contribution is 0.456. The summed E-state index contributed by atoms with van der Waals surface area (Å²) in [4.78, 5) is 4.04. The average molecular weight is 169 g/mol. The van der Waals surface area contributed by atoms with Gasteiger partial charge in [0.15, 0.2) is 5.58 Å². The van der Waals surface area contributed by atoms with Crippen LogP contribution in [0.15, 0.2) is 16.8 Å². The monoisotopic (exact) mass is 168 g/mol. The maximum Gasteiger partial charge on any atom is 0.171 e. The normalized spacial score (nSPS) is 10.7. The molecule has 56 valence electrons. The van der Waals surface area contributed by atoms with Crippen LogP contribution < -0.4 is 0 Å². The first kappa shape index (κ1) is 6.61. The van der Waals surface area contributed by atoms with Crippen LogP contribution in [0.2, 0.25) is 5.15 Å². The molecule has 0 N–H and O–H groups in total. The molecule has 2 aromatic rings. The third-order valence-corrected chi connectivity index (χ3v) is 1.72. The fourth-order valence-corrected chi connectivity index (χ4v) is 1.22. The van der Waals surface area contributed by atoms with E-state index in [-0.39, 0.29) is 0 Å². The summed E-state index contributed by atoms with van der Waals surface area (Å²) in [5.41, 5.74) is 1.52. The zero-order valence-electron chi connectivity index (χ0n) is 5.84. The first-order valence-electron chi connectivity index (χ1n) is 3.15. The Kier molecular flexibility index (Phi) is 1.32. The Labute approximate surface area is 68.0 Å². The van der Waals surface area contributed by atoms with Gasteiger partial charge in [0.1, 0.15) is 5.15 Å². The van der Waals surface area contributed by atoms with Crippen molar-refractivity contribution in [2.75, 3.05) is 0 Å². The lowest BCUT2D eigenvalue weighted by Crippen LogP contribution is -1.80. The van der Waals surface area contributed by atoms with Crippen molar-refractivity contribution in [1.82, 2.24) is 10.1 Å². The predicted octanol–water partition coefficient (Wildman–Crippen LogP) is 2.18. The van der Waals surface area contributed by atoms with E-state index in [4.69, 9.17) is 16.1 Å². The maximum atomic E-state index is 5.79. The van der Waals surface area contributed by atoms with Gasteiger partial charge in [0.05, 0.1) is 11.6 Å². The molecular formula is C7H5ClN2O. The largest absolute Gasteiger partial charge is 0.356 e. The van der Waals surface area contributed by atoms with Gasteiger partial charge in [-0.05, 0) is 6.92 Å². The Morgan fingerprint density at radius 1 is 1.55 bits per heavy atom. The van der Waals surface area contributed by atoms with Gasteiger partial charge in [-0.2, -0.15) is 0 Å². The third kappa shape index (κ3) is 0.973. The minimum absolute atomic E-state index is 0.446. The highest BCUT2D eigenvalue weighted by Gasteiger charge is 2.04. The number of pyridine rings is 1. The van der Waals surface area contributed by atoms with Crippen molar-refractivity contribution < 1.29 is 4.52 Å². The van der Waals surface area contributed by atoms with Crippen LogP contribution in [-0.4, -0.2) is 10.1 Å². The Bertz CT molecular complexity index is 396. The Hall–Kier alpha value is -1.09. The van der Waals surface area contributed by atoms with Crippen molar-refractivity contribution in [3.05, 3.63) is 23.1 Å². The number of nitrogens with zero attached hydrogens (tertiary/aromatic N) is 2. The zero-order valence-corrected chi connectivity index (χ0v) is 6.59. The van der Waals surface area contributed by atoms with E-state index < -0.39 is 0 Å². The Morgan fingerprint density at radius 3 is 3.18 bits per heavy atom. The molecule has 4 heteroatoms. The fraction of sp³-hybridized carbons (Fsp3) is 0.143. The van der Waals surface area contributed by atoms with Crippen LogP contribution in [0.3, 0.4) is 0 Å². The Morgan fingerprint density at radius 2 is 2.36 bits per heavy atom. The summed E-state index contributed by atoms with van der Waals surface area (Å²) >= 11 is 5.79. The van der Waals surface area contributed by atoms with Crippen LogP contribution in [0.1, 0.15) is 5.69 Å². The van der Waals surface area contributed by atoms with Crippen LogP contribution in [-0.2, 0) is 0 Å².